The lowest BCUT2D eigenvalue weighted by molar-refractivity contribution is 0.182. The first-order valence-electron chi connectivity index (χ1n) is 8.78. The third kappa shape index (κ3) is 6.89. The molecule has 1 saturated heterocycles. The third-order valence-electron chi connectivity index (χ3n) is 4.16. The number of thiocarbonyl (C=S) groups is 1. The molecular weight excluding hydrogens is 318 g/mol. The van der Waals surface area contributed by atoms with Gasteiger partial charge >= 0.3 is 0 Å². The SMILES string of the molecule is C=CCOc1ccc(NC(=S)NCCCN2CCC[C@@H](C)C2)cc1. The van der Waals surface area contributed by atoms with Gasteiger partial charge in [-0.15, -0.1) is 0 Å². The van der Waals surface area contributed by atoms with Crippen molar-refractivity contribution in [2.24, 2.45) is 5.92 Å². The van der Waals surface area contributed by atoms with E-state index >= 15 is 0 Å². The van der Waals surface area contributed by atoms with Gasteiger partial charge in [-0.05, 0) is 74.8 Å². The second-order valence-electron chi connectivity index (χ2n) is 6.41. The first kappa shape index (κ1) is 18.7. The third-order valence-corrected chi connectivity index (χ3v) is 4.40. The lowest BCUT2D eigenvalue weighted by Crippen LogP contribution is -2.37. The van der Waals surface area contributed by atoms with Gasteiger partial charge in [-0.1, -0.05) is 19.6 Å². The van der Waals surface area contributed by atoms with Crippen LogP contribution >= 0.6 is 12.2 Å². The molecule has 1 aliphatic heterocycles. The van der Waals surface area contributed by atoms with E-state index in [0.717, 1.165) is 36.9 Å². The normalized spacial score (nSPS) is 18.0. The van der Waals surface area contributed by atoms with Crippen LogP contribution in [0.4, 0.5) is 5.69 Å². The Balaban J connectivity index is 1.61. The van der Waals surface area contributed by atoms with Crippen molar-refractivity contribution in [2.75, 3.05) is 38.1 Å². The van der Waals surface area contributed by atoms with Crippen LogP contribution in [0.5, 0.6) is 5.75 Å². The van der Waals surface area contributed by atoms with Crippen LogP contribution in [0.15, 0.2) is 36.9 Å². The molecule has 0 amide bonds. The summed E-state index contributed by atoms with van der Waals surface area (Å²) in [6.45, 7) is 11.0. The maximum Gasteiger partial charge on any atom is 0.170 e. The van der Waals surface area contributed by atoms with Crippen LogP contribution in [0.25, 0.3) is 0 Å². The number of piperidine rings is 1. The molecule has 5 heteroatoms. The molecular formula is C19H29N3OS. The van der Waals surface area contributed by atoms with Crippen LogP contribution < -0.4 is 15.4 Å². The van der Waals surface area contributed by atoms with E-state index in [4.69, 9.17) is 17.0 Å². The predicted octanol–water partition coefficient (Wildman–Crippen LogP) is 3.66. The highest BCUT2D eigenvalue weighted by molar-refractivity contribution is 7.80. The molecule has 1 aromatic carbocycles. The number of nitrogens with zero attached hydrogens (tertiary/aromatic N) is 1. The zero-order valence-electron chi connectivity index (χ0n) is 14.6. The number of nitrogens with one attached hydrogen (secondary N) is 2. The van der Waals surface area contributed by atoms with Crippen molar-refractivity contribution in [1.82, 2.24) is 10.2 Å². The number of benzene rings is 1. The minimum Gasteiger partial charge on any atom is -0.490 e. The van der Waals surface area contributed by atoms with Gasteiger partial charge in [-0.2, -0.15) is 0 Å². The van der Waals surface area contributed by atoms with E-state index in [-0.39, 0.29) is 0 Å². The summed E-state index contributed by atoms with van der Waals surface area (Å²) in [6, 6.07) is 7.76. The van der Waals surface area contributed by atoms with Gasteiger partial charge in [0.05, 0.1) is 0 Å². The smallest absolute Gasteiger partial charge is 0.170 e. The van der Waals surface area contributed by atoms with E-state index < -0.39 is 0 Å². The summed E-state index contributed by atoms with van der Waals surface area (Å²) in [7, 11) is 0. The van der Waals surface area contributed by atoms with Gasteiger partial charge in [-0.25, -0.2) is 0 Å². The van der Waals surface area contributed by atoms with Crippen molar-refractivity contribution < 1.29 is 4.74 Å². The van der Waals surface area contributed by atoms with E-state index in [9.17, 15) is 0 Å². The first-order chi connectivity index (χ1) is 11.7. The van der Waals surface area contributed by atoms with E-state index in [0.29, 0.717) is 11.7 Å². The summed E-state index contributed by atoms with van der Waals surface area (Å²) in [5.74, 6) is 1.67. The number of rotatable bonds is 8. The Bertz CT molecular complexity index is 518. The molecule has 1 fully saturated rings. The molecule has 4 nitrogen and oxygen atoms in total. The van der Waals surface area contributed by atoms with Crippen LogP contribution in [0, 0.1) is 5.92 Å². The molecule has 0 saturated carbocycles. The largest absolute Gasteiger partial charge is 0.490 e. The van der Waals surface area contributed by atoms with Crippen LogP contribution in [-0.4, -0.2) is 42.8 Å². The van der Waals surface area contributed by atoms with Gasteiger partial charge < -0.3 is 20.3 Å². The highest BCUT2D eigenvalue weighted by atomic mass is 32.1. The van der Waals surface area contributed by atoms with E-state index in [1.807, 2.05) is 24.3 Å². The van der Waals surface area contributed by atoms with E-state index in [2.05, 4.69) is 29.0 Å². The average molecular weight is 348 g/mol. The molecule has 0 radical (unpaired) electrons. The van der Waals surface area contributed by atoms with Crippen molar-refractivity contribution in [3.8, 4) is 5.75 Å². The second-order valence-corrected chi connectivity index (χ2v) is 6.81. The fraction of sp³-hybridized carbons (Fsp3) is 0.526. The number of hydrogen-bond donors (Lipinski definition) is 2. The minimum absolute atomic E-state index is 0.516. The topological polar surface area (TPSA) is 36.5 Å². The lowest BCUT2D eigenvalue weighted by Gasteiger charge is -2.30. The summed E-state index contributed by atoms with van der Waals surface area (Å²) in [6.07, 6.45) is 5.56. The first-order valence-corrected chi connectivity index (χ1v) is 9.19. The van der Waals surface area contributed by atoms with Crippen molar-refractivity contribution in [3.63, 3.8) is 0 Å². The Kier molecular flexibility index (Phi) is 8.05. The van der Waals surface area contributed by atoms with Gasteiger partial charge in [0, 0.05) is 18.8 Å². The molecule has 0 aromatic heterocycles. The van der Waals surface area contributed by atoms with Crippen LogP contribution in [0.1, 0.15) is 26.2 Å². The molecule has 1 heterocycles. The molecule has 24 heavy (non-hydrogen) atoms. The van der Waals surface area contributed by atoms with Crippen LogP contribution in [0.3, 0.4) is 0 Å². The van der Waals surface area contributed by atoms with Crippen molar-refractivity contribution in [2.45, 2.75) is 26.2 Å². The lowest BCUT2D eigenvalue weighted by atomic mass is 10.0. The van der Waals surface area contributed by atoms with Crippen LogP contribution in [-0.2, 0) is 0 Å². The maximum absolute atomic E-state index is 5.46. The standard InChI is InChI=1S/C19H29N3OS/c1-3-14-23-18-9-7-17(8-10-18)21-19(24)20-11-5-13-22-12-4-6-16(2)15-22/h3,7-10,16H,1,4-6,11-15H2,2H3,(H2,20,21,24)/t16-/m1/s1. The van der Waals surface area contributed by atoms with Crippen molar-refractivity contribution in [1.29, 1.82) is 0 Å². The Morgan fingerprint density at radius 2 is 2.21 bits per heavy atom. The molecule has 0 spiro atoms. The maximum atomic E-state index is 5.46. The molecule has 0 bridgehead atoms. The van der Waals surface area contributed by atoms with Gasteiger partial charge in [0.1, 0.15) is 12.4 Å². The predicted molar refractivity (Wildman–Crippen MR) is 106 cm³/mol. The minimum atomic E-state index is 0.516. The highest BCUT2D eigenvalue weighted by Crippen LogP contribution is 2.16. The number of ether oxygens (including phenoxy) is 1. The molecule has 1 aromatic rings. The highest BCUT2D eigenvalue weighted by Gasteiger charge is 2.15. The molecule has 2 rings (SSSR count). The van der Waals surface area contributed by atoms with Gasteiger partial charge in [0.15, 0.2) is 5.11 Å². The Labute approximate surface area is 151 Å². The number of likely N-dealkylation sites (tertiary alicyclic amines) is 1. The summed E-state index contributed by atoms with van der Waals surface area (Å²) in [5.41, 5.74) is 0.961. The zero-order valence-corrected chi connectivity index (χ0v) is 15.4. The monoisotopic (exact) mass is 347 g/mol. The molecule has 1 atom stereocenters. The molecule has 2 N–H and O–H groups in total. The number of anilines is 1. The van der Waals surface area contributed by atoms with Gasteiger partial charge in [0.2, 0.25) is 0 Å². The van der Waals surface area contributed by atoms with Gasteiger partial charge in [0.25, 0.3) is 0 Å². The van der Waals surface area contributed by atoms with Crippen molar-refractivity contribution in [3.05, 3.63) is 36.9 Å². The average Bonchev–Trinajstić information content (AvgIpc) is 2.58. The Hall–Kier alpha value is -1.59. The van der Waals surface area contributed by atoms with Crippen LogP contribution in [0.2, 0.25) is 0 Å². The van der Waals surface area contributed by atoms with Crippen molar-refractivity contribution >= 4 is 23.0 Å². The van der Waals surface area contributed by atoms with E-state index in [1.165, 1.54) is 25.9 Å². The summed E-state index contributed by atoms with van der Waals surface area (Å²) >= 11 is 5.35. The summed E-state index contributed by atoms with van der Waals surface area (Å²) in [5, 5.41) is 7.15. The second kappa shape index (κ2) is 10.3. The fourth-order valence-electron chi connectivity index (χ4n) is 2.96. The number of hydrogen-bond acceptors (Lipinski definition) is 3. The molecule has 0 unspecified atom stereocenters. The zero-order chi connectivity index (χ0) is 17.2. The summed E-state index contributed by atoms with van der Waals surface area (Å²) in [4.78, 5) is 2.56. The fourth-order valence-corrected chi connectivity index (χ4v) is 3.18. The molecule has 132 valence electrons. The van der Waals surface area contributed by atoms with Gasteiger partial charge in [-0.3, -0.25) is 0 Å². The Morgan fingerprint density at radius 1 is 1.42 bits per heavy atom. The van der Waals surface area contributed by atoms with E-state index in [1.54, 1.807) is 6.08 Å². The Morgan fingerprint density at radius 3 is 2.92 bits per heavy atom. The molecule has 1 aliphatic rings. The quantitative estimate of drug-likeness (QED) is 0.426. The molecule has 0 aliphatic carbocycles. The summed E-state index contributed by atoms with van der Waals surface area (Å²) < 4.78 is 5.46.